The largest absolute Gasteiger partial charge is 0.496 e. The SMILES string of the molecule is COc1cc(OC)c(C=O)cc1C=O. The summed E-state index contributed by atoms with van der Waals surface area (Å²) in [5.41, 5.74) is 0.658. The molecule has 4 nitrogen and oxygen atoms in total. The number of carbonyl (C=O) groups is 2. The van der Waals surface area contributed by atoms with Crippen molar-refractivity contribution in [3.8, 4) is 11.5 Å². The Balaban J connectivity index is 3.34. The molecule has 0 radical (unpaired) electrons. The van der Waals surface area contributed by atoms with Gasteiger partial charge in [0.15, 0.2) is 12.6 Å². The summed E-state index contributed by atoms with van der Waals surface area (Å²) in [6, 6.07) is 2.94. The van der Waals surface area contributed by atoms with Crippen LogP contribution in [0.1, 0.15) is 20.7 Å². The lowest BCUT2D eigenvalue weighted by molar-refractivity contribution is 0.111. The van der Waals surface area contributed by atoms with E-state index in [1.807, 2.05) is 0 Å². The van der Waals surface area contributed by atoms with E-state index in [0.717, 1.165) is 0 Å². The van der Waals surface area contributed by atoms with Crippen molar-refractivity contribution in [1.29, 1.82) is 0 Å². The van der Waals surface area contributed by atoms with Gasteiger partial charge in [0.2, 0.25) is 0 Å². The molecule has 0 aliphatic carbocycles. The van der Waals surface area contributed by atoms with Gasteiger partial charge in [-0.1, -0.05) is 0 Å². The third-order valence-electron chi connectivity index (χ3n) is 1.84. The van der Waals surface area contributed by atoms with Crippen LogP contribution < -0.4 is 9.47 Å². The van der Waals surface area contributed by atoms with Gasteiger partial charge in [-0.25, -0.2) is 0 Å². The first kappa shape index (κ1) is 10.2. The van der Waals surface area contributed by atoms with E-state index in [2.05, 4.69) is 0 Å². The Morgan fingerprint density at radius 1 is 0.929 bits per heavy atom. The lowest BCUT2D eigenvalue weighted by Crippen LogP contribution is -1.96. The van der Waals surface area contributed by atoms with E-state index < -0.39 is 0 Å². The third-order valence-corrected chi connectivity index (χ3v) is 1.84. The van der Waals surface area contributed by atoms with Gasteiger partial charge in [-0.3, -0.25) is 9.59 Å². The van der Waals surface area contributed by atoms with Gasteiger partial charge < -0.3 is 9.47 Å². The smallest absolute Gasteiger partial charge is 0.153 e. The zero-order chi connectivity index (χ0) is 10.6. The first-order valence-electron chi connectivity index (χ1n) is 3.93. The monoisotopic (exact) mass is 194 g/mol. The molecule has 0 unspecified atom stereocenters. The van der Waals surface area contributed by atoms with Crippen molar-refractivity contribution < 1.29 is 19.1 Å². The molecule has 4 heteroatoms. The van der Waals surface area contributed by atoms with Crippen molar-refractivity contribution in [2.24, 2.45) is 0 Å². The summed E-state index contributed by atoms with van der Waals surface area (Å²) in [7, 11) is 2.89. The van der Waals surface area contributed by atoms with Gasteiger partial charge in [0.1, 0.15) is 11.5 Å². The number of carbonyl (C=O) groups excluding carboxylic acids is 2. The van der Waals surface area contributed by atoms with E-state index in [4.69, 9.17) is 9.47 Å². The molecule has 1 aromatic rings. The highest BCUT2D eigenvalue weighted by Gasteiger charge is 2.09. The standard InChI is InChI=1S/C10H10O4/c1-13-9-4-10(14-2)8(6-12)3-7(9)5-11/h3-6H,1-2H3. The highest BCUT2D eigenvalue weighted by molar-refractivity contribution is 5.87. The second-order valence-electron chi connectivity index (χ2n) is 2.57. The summed E-state index contributed by atoms with van der Waals surface area (Å²) in [5.74, 6) is 0.782. The maximum Gasteiger partial charge on any atom is 0.153 e. The van der Waals surface area contributed by atoms with Crippen LogP contribution in [-0.2, 0) is 0 Å². The van der Waals surface area contributed by atoms with Gasteiger partial charge in [-0.05, 0) is 6.07 Å². The molecule has 0 saturated heterocycles. The van der Waals surface area contributed by atoms with Gasteiger partial charge in [0, 0.05) is 6.07 Å². The molecule has 0 spiro atoms. The van der Waals surface area contributed by atoms with Crippen LogP contribution in [0.25, 0.3) is 0 Å². The molecule has 1 aromatic carbocycles. The van der Waals surface area contributed by atoms with Crippen molar-refractivity contribution >= 4 is 12.6 Å². The van der Waals surface area contributed by atoms with Gasteiger partial charge in [0.05, 0.1) is 25.3 Å². The first-order chi connectivity index (χ1) is 6.76. The zero-order valence-corrected chi connectivity index (χ0v) is 7.94. The van der Waals surface area contributed by atoms with E-state index in [0.29, 0.717) is 35.2 Å². The number of hydrogen-bond acceptors (Lipinski definition) is 4. The lowest BCUT2D eigenvalue weighted by Gasteiger charge is -2.08. The molecule has 0 heterocycles. The van der Waals surface area contributed by atoms with Crippen molar-refractivity contribution in [3.05, 3.63) is 23.3 Å². The lowest BCUT2D eigenvalue weighted by atomic mass is 10.1. The van der Waals surface area contributed by atoms with Crippen LogP contribution >= 0.6 is 0 Å². The van der Waals surface area contributed by atoms with Crippen LogP contribution in [0.2, 0.25) is 0 Å². The van der Waals surface area contributed by atoms with E-state index >= 15 is 0 Å². The summed E-state index contributed by atoms with van der Waals surface area (Å²) < 4.78 is 9.90. The number of rotatable bonds is 4. The summed E-state index contributed by atoms with van der Waals surface area (Å²) in [4.78, 5) is 21.2. The highest BCUT2D eigenvalue weighted by atomic mass is 16.5. The number of methoxy groups -OCH3 is 2. The molecule has 0 aliphatic rings. The Labute approximate surface area is 81.4 Å². The zero-order valence-electron chi connectivity index (χ0n) is 7.94. The predicted octanol–water partition coefficient (Wildman–Crippen LogP) is 1.33. The maximum absolute atomic E-state index is 10.6. The van der Waals surface area contributed by atoms with Gasteiger partial charge in [-0.15, -0.1) is 0 Å². The average Bonchev–Trinajstić information content (AvgIpc) is 2.26. The molecule has 0 aromatic heterocycles. The maximum atomic E-state index is 10.6. The van der Waals surface area contributed by atoms with Gasteiger partial charge in [-0.2, -0.15) is 0 Å². The second kappa shape index (κ2) is 4.41. The number of ether oxygens (including phenoxy) is 2. The Morgan fingerprint density at radius 3 is 1.64 bits per heavy atom. The average molecular weight is 194 g/mol. The highest BCUT2D eigenvalue weighted by Crippen LogP contribution is 2.26. The summed E-state index contributed by atoms with van der Waals surface area (Å²) in [6.07, 6.45) is 1.26. The molecule has 0 bridgehead atoms. The van der Waals surface area contributed by atoms with Crippen molar-refractivity contribution in [1.82, 2.24) is 0 Å². The Bertz CT molecular complexity index is 326. The molecule has 74 valence electrons. The molecule has 0 saturated carbocycles. The van der Waals surface area contributed by atoms with E-state index in [1.54, 1.807) is 0 Å². The first-order valence-corrected chi connectivity index (χ1v) is 3.93. The number of aldehydes is 2. The molecular weight excluding hydrogens is 184 g/mol. The number of benzene rings is 1. The normalized spacial score (nSPS) is 9.29. The van der Waals surface area contributed by atoms with E-state index in [-0.39, 0.29) is 0 Å². The molecule has 0 fully saturated rings. The van der Waals surface area contributed by atoms with E-state index in [9.17, 15) is 9.59 Å². The Hall–Kier alpha value is -1.84. The molecule has 1 rings (SSSR count). The fourth-order valence-corrected chi connectivity index (χ4v) is 1.13. The summed E-state index contributed by atoms with van der Waals surface area (Å²) in [5, 5.41) is 0. The Kier molecular flexibility index (Phi) is 3.23. The van der Waals surface area contributed by atoms with Gasteiger partial charge in [0.25, 0.3) is 0 Å². The van der Waals surface area contributed by atoms with Gasteiger partial charge >= 0.3 is 0 Å². The van der Waals surface area contributed by atoms with Crippen molar-refractivity contribution in [2.75, 3.05) is 14.2 Å². The van der Waals surface area contributed by atoms with Crippen molar-refractivity contribution in [2.45, 2.75) is 0 Å². The Morgan fingerprint density at radius 2 is 1.36 bits per heavy atom. The predicted molar refractivity (Wildman–Crippen MR) is 50.3 cm³/mol. The minimum Gasteiger partial charge on any atom is -0.496 e. The van der Waals surface area contributed by atoms with Crippen molar-refractivity contribution in [3.63, 3.8) is 0 Å². The number of hydrogen-bond donors (Lipinski definition) is 0. The van der Waals surface area contributed by atoms with Crippen LogP contribution in [0, 0.1) is 0 Å². The fourth-order valence-electron chi connectivity index (χ4n) is 1.13. The van der Waals surface area contributed by atoms with Crippen LogP contribution in [0.5, 0.6) is 11.5 Å². The molecule has 0 N–H and O–H groups in total. The van der Waals surface area contributed by atoms with Crippen LogP contribution in [0.3, 0.4) is 0 Å². The fraction of sp³-hybridized carbons (Fsp3) is 0.200. The minimum absolute atomic E-state index is 0.329. The molecule has 0 amide bonds. The molecule has 0 atom stereocenters. The van der Waals surface area contributed by atoms with Crippen LogP contribution in [0.15, 0.2) is 12.1 Å². The van der Waals surface area contributed by atoms with Crippen LogP contribution in [0.4, 0.5) is 0 Å². The summed E-state index contributed by atoms with van der Waals surface area (Å²) >= 11 is 0. The summed E-state index contributed by atoms with van der Waals surface area (Å²) in [6.45, 7) is 0. The topological polar surface area (TPSA) is 52.6 Å². The quantitative estimate of drug-likeness (QED) is 0.678. The second-order valence-corrected chi connectivity index (χ2v) is 2.57. The molecular formula is C10H10O4. The minimum atomic E-state index is 0.329. The molecule has 0 aliphatic heterocycles. The third kappa shape index (κ3) is 1.74. The van der Waals surface area contributed by atoms with E-state index in [1.165, 1.54) is 26.4 Å². The van der Waals surface area contributed by atoms with Crippen LogP contribution in [-0.4, -0.2) is 26.8 Å². The molecule has 14 heavy (non-hydrogen) atoms.